The Balaban J connectivity index is 2.71. The van der Waals surface area contributed by atoms with Crippen molar-refractivity contribution in [3.8, 4) is 0 Å². The van der Waals surface area contributed by atoms with Crippen LogP contribution < -0.4 is 0 Å². The molecule has 0 fully saturated rings. The van der Waals surface area contributed by atoms with Gasteiger partial charge in [0.1, 0.15) is 0 Å². The molecule has 100 valence electrons. The first-order valence-corrected chi connectivity index (χ1v) is 6.73. The molecular formula is C17H26O. The molecule has 0 aliphatic heterocycles. The molecule has 0 aromatic heterocycles. The predicted molar refractivity (Wildman–Crippen MR) is 78.2 cm³/mol. The molecule has 0 heterocycles. The van der Waals surface area contributed by atoms with E-state index in [0.29, 0.717) is 6.42 Å². The normalized spacial score (nSPS) is 12.6. The summed E-state index contributed by atoms with van der Waals surface area (Å²) in [4.78, 5) is 12.1. The summed E-state index contributed by atoms with van der Waals surface area (Å²) in [5, 5.41) is 0. The molecule has 0 radical (unpaired) electrons. The Hall–Kier alpha value is -1.11. The van der Waals surface area contributed by atoms with Crippen LogP contribution in [0.3, 0.4) is 0 Å². The fraction of sp³-hybridized carbons (Fsp3) is 0.588. The minimum Gasteiger partial charge on any atom is -0.294 e. The molecule has 0 aliphatic rings. The highest BCUT2D eigenvalue weighted by molar-refractivity contribution is 5.96. The number of Topliss-reactive ketones (excluding diaryl/α,β-unsaturated/α-hetero) is 1. The van der Waals surface area contributed by atoms with E-state index in [1.54, 1.807) is 0 Å². The van der Waals surface area contributed by atoms with E-state index < -0.39 is 0 Å². The third-order valence-electron chi connectivity index (χ3n) is 3.17. The van der Waals surface area contributed by atoms with E-state index in [2.05, 4.69) is 53.7 Å². The van der Waals surface area contributed by atoms with Gasteiger partial charge in [0.05, 0.1) is 0 Å². The topological polar surface area (TPSA) is 17.1 Å². The summed E-state index contributed by atoms with van der Waals surface area (Å²) in [6, 6.07) is 8.08. The largest absolute Gasteiger partial charge is 0.294 e. The fourth-order valence-electron chi connectivity index (χ4n) is 1.79. The highest BCUT2D eigenvalue weighted by atomic mass is 16.1. The molecule has 18 heavy (non-hydrogen) atoms. The van der Waals surface area contributed by atoms with Crippen molar-refractivity contribution in [3.05, 3.63) is 35.4 Å². The zero-order chi connectivity index (χ0) is 14.0. The first-order valence-electron chi connectivity index (χ1n) is 6.73. The Morgan fingerprint density at radius 1 is 0.944 bits per heavy atom. The number of carbonyl (C=O) groups excluding carboxylic acids is 1. The molecule has 0 amide bonds. The molecular weight excluding hydrogens is 220 g/mol. The van der Waals surface area contributed by atoms with Crippen molar-refractivity contribution >= 4 is 5.78 Å². The Bertz CT molecular complexity index is 399. The van der Waals surface area contributed by atoms with E-state index in [9.17, 15) is 4.79 Å². The molecule has 0 bridgehead atoms. The molecule has 1 heteroatoms. The lowest BCUT2D eigenvalue weighted by atomic mass is 9.85. The summed E-state index contributed by atoms with van der Waals surface area (Å²) in [5.41, 5.74) is 2.48. The van der Waals surface area contributed by atoms with Crippen LogP contribution in [-0.4, -0.2) is 5.78 Å². The fourth-order valence-corrected chi connectivity index (χ4v) is 1.79. The van der Waals surface area contributed by atoms with Crippen molar-refractivity contribution in [1.82, 2.24) is 0 Å². The Kier molecular flexibility index (Phi) is 4.37. The van der Waals surface area contributed by atoms with Crippen LogP contribution in [0.5, 0.6) is 0 Å². The summed E-state index contributed by atoms with van der Waals surface area (Å²) in [7, 11) is 0. The summed E-state index contributed by atoms with van der Waals surface area (Å²) < 4.78 is 0. The van der Waals surface area contributed by atoms with Gasteiger partial charge in [-0.15, -0.1) is 0 Å². The van der Waals surface area contributed by atoms with E-state index in [1.165, 1.54) is 5.56 Å². The first kappa shape index (κ1) is 14.9. The van der Waals surface area contributed by atoms with E-state index in [0.717, 1.165) is 12.0 Å². The van der Waals surface area contributed by atoms with Gasteiger partial charge in [-0.1, -0.05) is 65.8 Å². The van der Waals surface area contributed by atoms with Crippen LogP contribution in [0.1, 0.15) is 70.3 Å². The molecule has 0 N–H and O–H groups in total. The third-order valence-corrected chi connectivity index (χ3v) is 3.17. The van der Waals surface area contributed by atoms with Crippen LogP contribution in [0.2, 0.25) is 0 Å². The maximum absolute atomic E-state index is 12.1. The smallest absolute Gasteiger partial charge is 0.162 e. The standard InChI is InChI=1S/C17H26O/c1-16(2,3)12-11-15(18)13-7-9-14(10-8-13)17(4,5)6/h7-10H,11-12H2,1-6H3. The molecule has 0 saturated heterocycles. The molecule has 1 nitrogen and oxygen atoms in total. The van der Waals surface area contributed by atoms with E-state index in [1.807, 2.05) is 12.1 Å². The zero-order valence-electron chi connectivity index (χ0n) is 12.6. The number of hydrogen-bond acceptors (Lipinski definition) is 1. The molecule has 1 rings (SSSR count). The van der Waals surface area contributed by atoms with Crippen molar-refractivity contribution in [1.29, 1.82) is 0 Å². The molecule has 0 saturated carbocycles. The minimum absolute atomic E-state index is 0.146. The van der Waals surface area contributed by atoms with Gasteiger partial charge >= 0.3 is 0 Å². The van der Waals surface area contributed by atoms with Gasteiger partial charge in [0, 0.05) is 12.0 Å². The highest BCUT2D eigenvalue weighted by Gasteiger charge is 2.16. The van der Waals surface area contributed by atoms with Gasteiger partial charge in [-0.2, -0.15) is 0 Å². The maximum atomic E-state index is 12.1. The summed E-state index contributed by atoms with van der Waals surface area (Å²) in [6.45, 7) is 13.1. The number of rotatable bonds is 3. The van der Waals surface area contributed by atoms with Gasteiger partial charge in [-0.3, -0.25) is 4.79 Å². The second-order valence-electron chi connectivity index (χ2n) is 7.31. The summed E-state index contributed by atoms with van der Waals surface area (Å²) in [5.74, 6) is 0.255. The SMILES string of the molecule is CC(C)(C)CCC(=O)c1ccc(C(C)(C)C)cc1. The lowest BCUT2D eigenvalue weighted by molar-refractivity contribution is 0.0966. The van der Waals surface area contributed by atoms with Gasteiger partial charge in [0.25, 0.3) is 0 Å². The Morgan fingerprint density at radius 3 is 1.83 bits per heavy atom. The monoisotopic (exact) mass is 246 g/mol. The van der Waals surface area contributed by atoms with Crippen LogP contribution >= 0.6 is 0 Å². The maximum Gasteiger partial charge on any atom is 0.162 e. The lowest BCUT2D eigenvalue weighted by Gasteiger charge is -2.19. The molecule has 0 spiro atoms. The van der Waals surface area contributed by atoms with Crippen LogP contribution in [0.15, 0.2) is 24.3 Å². The van der Waals surface area contributed by atoms with Crippen molar-refractivity contribution in [2.24, 2.45) is 5.41 Å². The Morgan fingerprint density at radius 2 is 1.44 bits per heavy atom. The Labute approximate surface area is 112 Å². The molecule has 1 aromatic rings. The number of benzene rings is 1. The molecule has 1 aromatic carbocycles. The molecule has 0 atom stereocenters. The van der Waals surface area contributed by atoms with Crippen molar-refractivity contribution in [2.75, 3.05) is 0 Å². The van der Waals surface area contributed by atoms with Gasteiger partial charge in [-0.25, -0.2) is 0 Å². The van der Waals surface area contributed by atoms with Crippen molar-refractivity contribution < 1.29 is 4.79 Å². The summed E-state index contributed by atoms with van der Waals surface area (Å²) >= 11 is 0. The van der Waals surface area contributed by atoms with Crippen LogP contribution in [0, 0.1) is 5.41 Å². The minimum atomic E-state index is 0.146. The van der Waals surface area contributed by atoms with E-state index >= 15 is 0 Å². The summed E-state index contributed by atoms with van der Waals surface area (Å²) in [6.07, 6.45) is 1.57. The van der Waals surface area contributed by atoms with Crippen LogP contribution in [-0.2, 0) is 5.41 Å². The third kappa shape index (κ3) is 4.64. The van der Waals surface area contributed by atoms with Gasteiger partial charge in [-0.05, 0) is 22.8 Å². The van der Waals surface area contributed by atoms with Gasteiger partial charge in [0.2, 0.25) is 0 Å². The predicted octanol–water partition coefficient (Wildman–Crippen LogP) is 4.99. The average molecular weight is 246 g/mol. The van der Waals surface area contributed by atoms with E-state index in [4.69, 9.17) is 0 Å². The average Bonchev–Trinajstić information content (AvgIpc) is 2.24. The van der Waals surface area contributed by atoms with Crippen LogP contribution in [0.25, 0.3) is 0 Å². The van der Waals surface area contributed by atoms with Gasteiger partial charge in [0.15, 0.2) is 5.78 Å². The lowest BCUT2D eigenvalue weighted by Crippen LogP contribution is -2.12. The van der Waals surface area contributed by atoms with Gasteiger partial charge < -0.3 is 0 Å². The zero-order valence-corrected chi connectivity index (χ0v) is 12.6. The molecule has 0 unspecified atom stereocenters. The second kappa shape index (κ2) is 5.26. The number of carbonyl (C=O) groups is 1. The first-order chi connectivity index (χ1) is 8.09. The number of hydrogen-bond donors (Lipinski definition) is 0. The van der Waals surface area contributed by atoms with Crippen molar-refractivity contribution in [3.63, 3.8) is 0 Å². The van der Waals surface area contributed by atoms with Crippen molar-refractivity contribution in [2.45, 2.75) is 59.8 Å². The number of ketones is 1. The van der Waals surface area contributed by atoms with Crippen LogP contribution in [0.4, 0.5) is 0 Å². The van der Waals surface area contributed by atoms with E-state index in [-0.39, 0.29) is 16.6 Å². The quantitative estimate of drug-likeness (QED) is 0.686. The highest BCUT2D eigenvalue weighted by Crippen LogP contribution is 2.24. The molecule has 0 aliphatic carbocycles. The second-order valence-corrected chi connectivity index (χ2v) is 7.31.